The fourth-order valence-electron chi connectivity index (χ4n) is 3.48. The third-order valence-corrected chi connectivity index (χ3v) is 5.12. The highest BCUT2D eigenvalue weighted by molar-refractivity contribution is 5.58. The number of nitrogens with zero attached hydrogens (tertiary/aromatic N) is 4. The maximum atomic E-state index is 11.5. The first kappa shape index (κ1) is 20.8. The highest BCUT2D eigenvalue weighted by atomic mass is 16.5. The average molecular weight is 447 g/mol. The smallest absolute Gasteiger partial charge is 0.326 e. The van der Waals surface area contributed by atoms with Crippen LogP contribution in [-0.2, 0) is 6.54 Å². The van der Waals surface area contributed by atoms with Crippen molar-refractivity contribution in [3.05, 3.63) is 69.0 Å². The Labute approximate surface area is 188 Å². The summed E-state index contributed by atoms with van der Waals surface area (Å²) >= 11 is 0. The van der Waals surface area contributed by atoms with Gasteiger partial charge in [-0.3, -0.25) is 9.98 Å². The maximum absolute atomic E-state index is 11.5. The number of ether oxygens (including phenoxy) is 1. The Morgan fingerprint density at radius 1 is 1.33 bits per heavy atom. The Kier molecular flexibility index (Phi) is 5.33. The van der Waals surface area contributed by atoms with Crippen molar-refractivity contribution in [3.63, 3.8) is 0 Å². The zero-order chi connectivity index (χ0) is 22.9. The van der Waals surface area contributed by atoms with Crippen molar-refractivity contribution in [2.75, 3.05) is 5.32 Å². The van der Waals surface area contributed by atoms with Gasteiger partial charge in [-0.25, -0.2) is 9.78 Å². The quantitative estimate of drug-likeness (QED) is 0.339. The minimum absolute atomic E-state index is 0.106. The second-order valence-electron chi connectivity index (χ2n) is 8.35. The molecule has 0 amide bonds. The minimum Gasteiger partial charge on any atom is -0.493 e. The number of aromatic nitrogens is 5. The molecule has 3 aromatic heterocycles. The van der Waals surface area contributed by atoms with Gasteiger partial charge in [-0.1, -0.05) is 12.1 Å². The number of anilines is 1. The van der Waals surface area contributed by atoms with Gasteiger partial charge in [0.1, 0.15) is 17.3 Å². The summed E-state index contributed by atoms with van der Waals surface area (Å²) in [5.41, 5.74) is 2.10. The van der Waals surface area contributed by atoms with E-state index in [0.717, 1.165) is 24.2 Å². The van der Waals surface area contributed by atoms with Gasteiger partial charge in [-0.2, -0.15) is 9.61 Å². The lowest BCUT2D eigenvalue weighted by molar-refractivity contribution is 0.242. The van der Waals surface area contributed by atoms with Crippen molar-refractivity contribution in [1.82, 2.24) is 24.6 Å². The van der Waals surface area contributed by atoms with Gasteiger partial charge in [0.2, 0.25) is 5.88 Å². The molecule has 0 unspecified atom stereocenters. The first-order valence-corrected chi connectivity index (χ1v) is 10.9. The van der Waals surface area contributed by atoms with Crippen LogP contribution in [0.2, 0.25) is 0 Å². The van der Waals surface area contributed by atoms with Gasteiger partial charge < -0.3 is 20.1 Å². The number of fused-ring (bicyclic) bond motifs is 1. The Balaban J connectivity index is 1.51. The van der Waals surface area contributed by atoms with Gasteiger partial charge in [-0.15, -0.1) is 0 Å². The van der Waals surface area contributed by atoms with E-state index in [2.05, 4.69) is 20.4 Å². The van der Waals surface area contributed by atoms with E-state index in [9.17, 15) is 9.90 Å². The first-order chi connectivity index (χ1) is 15.9. The van der Waals surface area contributed by atoms with Crippen LogP contribution >= 0.6 is 0 Å². The van der Waals surface area contributed by atoms with Crippen LogP contribution in [-0.4, -0.2) is 41.8 Å². The molecule has 1 aliphatic carbocycles. The molecule has 0 atom stereocenters. The highest BCUT2D eigenvalue weighted by Crippen LogP contribution is 2.22. The number of hydrogen-bond acceptors (Lipinski definition) is 7. The number of H-pyrrole nitrogens is 2. The molecule has 5 rings (SSSR count). The highest BCUT2D eigenvalue weighted by Gasteiger charge is 2.20. The number of benzene rings is 1. The van der Waals surface area contributed by atoms with Crippen molar-refractivity contribution in [2.45, 2.75) is 45.4 Å². The average Bonchev–Trinajstić information content (AvgIpc) is 3.40. The summed E-state index contributed by atoms with van der Waals surface area (Å²) in [6.07, 6.45) is 5.49. The number of rotatable bonds is 7. The van der Waals surface area contributed by atoms with Crippen molar-refractivity contribution < 1.29 is 9.84 Å². The van der Waals surface area contributed by atoms with Gasteiger partial charge in [0.05, 0.1) is 18.3 Å². The van der Waals surface area contributed by atoms with Gasteiger partial charge in [0, 0.05) is 17.8 Å². The number of aromatic amines is 2. The lowest BCUT2D eigenvalue weighted by Gasteiger charge is -2.11. The minimum atomic E-state index is -0.487. The van der Waals surface area contributed by atoms with Crippen molar-refractivity contribution >= 4 is 17.5 Å². The molecule has 1 fully saturated rings. The summed E-state index contributed by atoms with van der Waals surface area (Å²) in [4.78, 5) is 25.8. The van der Waals surface area contributed by atoms with E-state index in [1.54, 1.807) is 16.8 Å². The van der Waals surface area contributed by atoms with E-state index in [4.69, 9.17) is 14.7 Å². The normalized spacial score (nSPS) is 15.0. The number of hydrogen-bond donors (Lipinski definition) is 4. The van der Waals surface area contributed by atoms with Crippen LogP contribution in [0.5, 0.6) is 11.6 Å². The van der Waals surface area contributed by atoms with Gasteiger partial charge in [0.25, 0.3) is 0 Å². The molecule has 3 heterocycles. The molecule has 33 heavy (non-hydrogen) atoms. The lowest BCUT2D eigenvalue weighted by Crippen LogP contribution is -2.20. The van der Waals surface area contributed by atoms with E-state index in [1.807, 2.05) is 44.2 Å². The molecule has 0 aliphatic heterocycles. The summed E-state index contributed by atoms with van der Waals surface area (Å²) in [6.45, 7) is 4.55. The summed E-state index contributed by atoms with van der Waals surface area (Å²) in [5, 5.41) is 18.4. The third-order valence-electron chi connectivity index (χ3n) is 5.12. The fraction of sp³-hybridized carbons (Fsp3) is 0.304. The summed E-state index contributed by atoms with van der Waals surface area (Å²) in [7, 11) is 0. The molecule has 1 saturated carbocycles. The molecule has 0 spiro atoms. The molecule has 10 heteroatoms. The van der Waals surface area contributed by atoms with E-state index in [0.29, 0.717) is 34.8 Å². The number of nitrogens with one attached hydrogen (secondary N) is 3. The van der Waals surface area contributed by atoms with Crippen LogP contribution in [0.4, 0.5) is 5.82 Å². The fourth-order valence-corrected chi connectivity index (χ4v) is 3.48. The molecular formula is C23H25N7O3. The zero-order valence-electron chi connectivity index (χ0n) is 18.4. The largest absolute Gasteiger partial charge is 0.493 e. The summed E-state index contributed by atoms with van der Waals surface area (Å²) < 4.78 is 7.46. The van der Waals surface area contributed by atoms with Crippen LogP contribution < -0.4 is 26.4 Å². The molecule has 4 N–H and O–H groups in total. The van der Waals surface area contributed by atoms with Crippen molar-refractivity contribution in [3.8, 4) is 11.6 Å². The third kappa shape index (κ3) is 4.74. The van der Waals surface area contributed by atoms with E-state index in [1.165, 1.54) is 0 Å². The second-order valence-corrected chi connectivity index (χ2v) is 8.35. The second kappa shape index (κ2) is 8.45. The Hall–Kier alpha value is -4.08. The first-order valence-electron chi connectivity index (χ1n) is 10.9. The van der Waals surface area contributed by atoms with Crippen LogP contribution in [0.3, 0.4) is 0 Å². The van der Waals surface area contributed by atoms with E-state index in [-0.39, 0.29) is 17.7 Å². The van der Waals surface area contributed by atoms with Crippen LogP contribution in [0.1, 0.15) is 37.9 Å². The molecule has 0 saturated heterocycles. The van der Waals surface area contributed by atoms with Gasteiger partial charge >= 0.3 is 5.69 Å². The molecule has 4 aromatic rings. The molecule has 170 valence electrons. The molecule has 1 aliphatic rings. The monoisotopic (exact) mass is 447 g/mol. The van der Waals surface area contributed by atoms with E-state index >= 15 is 0 Å². The molecule has 1 aromatic carbocycles. The maximum Gasteiger partial charge on any atom is 0.326 e. The summed E-state index contributed by atoms with van der Waals surface area (Å²) in [6, 6.07) is 10.1. The standard InChI is InChI=1S/C23H25N7O3/c1-13(2)33-17-5-3-4-14(8-17)11-24-19-10-20(26-16-6-7-16)30-21(28-19)15(12-25-30)9-18-22(31)29-23(32)27-18/h3-5,8-10,12-13,16,24,31H,6-7,11H2,1-2H3,(H2,27,29,32)/b15-9-,26-20?. The summed E-state index contributed by atoms with van der Waals surface area (Å²) in [5.74, 6) is 1.24. The van der Waals surface area contributed by atoms with E-state index < -0.39 is 5.69 Å². The Morgan fingerprint density at radius 2 is 2.18 bits per heavy atom. The number of aromatic hydroxyl groups is 1. The topological polar surface area (TPSA) is 133 Å². The van der Waals surface area contributed by atoms with Crippen molar-refractivity contribution in [2.24, 2.45) is 4.99 Å². The molecule has 0 bridgehead atoms. The molecule has 0 radical (unpaired) electrons. The van der Waals surface area contributed by atoms with Gasteiger partial charge in [-0.05, 0) is 50.5 Å². The van der Waals surface area contributed by atoms with Crippen LogP contribution in [0.15, 0.2) is 46.3 Å². The predicted octanol–water partition coefficient (Wildman–Crippen LogP) is 1.46. The zero-order valence-corrected chi connectivity index (χ0v) is 18.4. The van der Waals surface area contributed by atoms with Gasteiger partial charge in [0.15, 0.2) is 11.1 Å². The number of imidazole rings is 1. The molecular weight excluding hydrogens is 422 g/mol. The SMILES string of the molecule is CC(C)Oc1cccc(CNc2cc(=NC3CC3)n3nc/c(=C/c4[nH]c(=O)[nH]c4O)c3n2)c1. The predicted molar refractivity (Wildman–Crippen MR) is 123 cm³/mol. The van der Waals surface area contributed by atoms with Crippen LogP contribution in [0.25, 0.3) is 11.7 Å². The Morgan fingerprint density at radius 3 is 2.91 bits per heavy atom. The van der Waals surface area contributed by atoms with Crippen LogP contribution in [0, 0.1) is 0 Å². The molecule has 10 nitrogen and oxygen atoms in total. The Bertz CT molecular complexity index is 1480. The van der Waals surface area contributed by atoms with Crippen molar-refractivity contribution in [1.29, 1.82) is 0 Å². The lowest BCUT2D eigenvalue weighted by atomic mass is 10.2.